The molecule has 0 aliphatic carbocycles. The largest absolute Gasteiger partial charge is 0.479 e. The molecule has 0 spiro atoms. The molecule has 1 aliphatic heterocycles. The number of carboxylic acid groups (broad SMARTS) is 1. The maximum absolute atomic E-state index is 14.0. The molecule has 184 valence electrons. The molecule has 0 saturated heterocycles. The van der Waals surface area contributed by atoms with Gasteiger partial charge in [-0.25, -0.2) is 4.79 Å². The lowest BCUT2D eigenvalue weighted by Crippen LogP contribution is -2.44. The normalized spacial score (nSPS) is 15.8. The zero-order valence-corrected chi connectivity index (χ0v) is 21.5. The van der Waals surface area contributed by atoms with E-state index in [1.165, 1.54) is 0 Å². The quantitative estimate of drug-likeness (QED) is 0.262. The molecule has 1 aliphatic rings. The number of anilines is 1. The molecule has 2 atom stereocenters. The number of carbonyl (C=O) groups excluding carboxylic acids is 2. The van der Waals surface area contributed by atoms with Crippen molar-refractivity contribution < 1.29 is 24.2 Å². The molecule has 1 heterocycles. The van der Waals surface area contributed by atoms with Crippen molar-refractivity contribution in [1.29, 1.82) is 0 Å². The van der Waals surface area contributed by atoms with Gasteiger partial charge in [0.15, 0.2) is 6.04 Å². The third kappa shape index (κ3) is 5.05. The summed E-state index contributed by atoms with van der Waals surface area (Å²) in [7, 11) is 0. The summed E-state index contributed by atoms with van der Waals surface area (Å²) in [6.07, 6.45) is 0. The first-order valence-electron chi connectivity index (χ1n) is 11.5. The van der Waals surface area contributed by atoms with Crippen LogP contribution >= 0.6 is 22.6 Å². The SMILES string of the molecule is O=C(O)C(c1ccccc1)N1C(=O)c2cc(I)ccc2NC(=O)C1c1ccc(Oc2ccccc2)cc1. The minimum atomic E-state index is -1.39. The van der Waals surface area contributed by atoms with E-state index < -0.39 is 29.9 Å². The van der Waals surface area contributed by atoms with Gasteiger partial charge in [-0.2, -0.15) is 0 Å². The van der Waals surface area contributed by atoms with Crippen molar-refractivity contribution in [2.45, 2.75) is 12.1 Å². The van der Waals surface area contributed by atoms with E-state index in [9.17, 15) is 19.5 Å². The summed E-state index contributed by atoms with van der Waals surface area (Å²) in [5.41, 5.74) is 1.41. The van der Waals surface area contributed by atoms with Crippen LogP contribution in [0.4, 0.5) is 5.69 Å². The second-order valence-corrected chi connectivity index (χ2v) is 9.68. The Kier molecular flexibility index (Phi) is 6.91. The molecule has 0 radical (unpaired) electrons. The summed E-state index contributed by atoms with van der Waals surface area (Å²) in [4.78, 5) is 41.4. The number of aliphatic carboxylic acids is 1. The van der Waals surface area contributed by atoms with Crippen molar-refractivity contribution in [3.63, 3.8) is 0 Å². The number of fused-ring (bicyclic) bond motifs is 1. The minimum Gasteiger partial charge on any atom is -0.479 e. The maximum atomic E-state index is 14.0. The van der Waals surface area contributed by atoms with Gasteiger partial charge >= 0.3 is 5.97 Å². The fourth-order valence-corrected chi connectivity index (χ4v) is 4.86. The van der Waals surface area contributed by atoms with E-state index in [0.29, 0.717) is 28.3 Å². The summed E-state index contributed by atoms with van der Waals surface area (Å²) < 4.78 is 6.65. The van der Waals surface area contributed by atoms with Crippen LogP contribution in [0.25, 0.3) is 0 Å². The zero-order chi connectivity index (χ0) is 25.9. The van der Waals surface area contributed by atoms with Crippen molar-refractivity contribution in [3.8, 4) is 11.5 Å². The first kappa shape index (κ1) is 24.5. The van der Waals surface area contributed by atoms with E-state index >= 15 is 0 Å². The summed E-state index contributed by atoms with van der Waals surface area (Å²) >= 11 is 2.08. The van der Waals surface area contributed by atoms with Gasteiger partial charge in [-0.3, -0.25) is 9.59 Å². The standard InChI is InChI=1S/C29H21IN2O5/c30-20-13-16-24-23(17-20)28(34)32(26(29(35)36)18-7-3-1-4-8-18)25(27(33)31-24)19-11-14-22(15-12-19)37-21-9-5-2-6-10-21/h1-17,25-26H,(H,31,33)(H,35,36). The van der Waals surface area contributed by atoms with Crippen LogP contribution in [-0.2, 0) is 9.59 Å². The van der Waals surface area contributed by atoms with Gasteiger partial charge in [-0.15, -0.1) is 0 Å². The summed E-state index contributed by atoms with van der Waals surface area (Å²) in [6, 6.07) is 26.9. The van der Waals surface area contributed by atoms with Crippen LogP contribution in [0, 0.1) is 3.57 Å². The average Bonchev–Trinajstić information content (AvgIpc) is 3.00. The highest BCUT2D eigenvalue weighted by Crippen LogP contribution is 2.38. The first-order valence-corrected chi connectivity index (χ1v) is 12.5. The number of carboxylic acids is 1. The van der Waals surface area contributed by atoms with E-state index in [-0.39, 0.29) is 5.56 Å². The lowest BCUT2D eigenvalue weighted by atomic mass is 9.97. The number of carbonyl (C=O) groups is 3. The zero-order valence-electron chi connectivity index (χ0n) is 19.4. The molecule has 37 heavy (non-hydrogen) atoms. The number of nitrogens with one attached hydrogen (secondary N) is 1. The van der Waals surface area contributed by atoms with Crippen molar-refractivity contribution >= 4 is 46.1 Å². The van der Waals surface area contributed by atoms with E-state index in [0.717, 1.165) is 8.47 Å². The number of hydrogen-bond acceptors (Lipinski definition) is 4. The monoisotopic (exact) mass is 604 g/mol. The van der Waals surface area contributed by atoms with Gasteiger partial charge in [-0.1, -0.05) is 60.7 Å². The molecule has 2 unspecified atom stereocenters. The van der Waals surface area contributed by atoms with Crippen molar-refractivity contribution in [3.05, 3.63) is 123 Å². The number of rotatable bonds is 6. The molecule has 5 rings (SSSR count). The van der Waals surface area contributed by atoms with Gasteiger partial charge in [0.1, 0.15) is 17.5 Å². The van der Waals surface area contributed by atoms with Crippen LogP contribution in [0.2, 0.25) is 0 Å². The van der Waals surface area contributed by atoms with Crippen LogP contribution < -0.4 is 10.1 Å². The molecule has 0 bridgehead atoms. The van der Waals surface area contributed by atoms with E-state index in [1.54, 1.807) is 72.8 Å². The number of nitrogens with zero attached hydrogens (tertiary/aromatic N) is 1. The van der Waals surface area contributed by atoms with Crippen LogP contribution in [0.5, 0.6) is 11.5 Å². The number of para-hydroxylation sites is 1. The third-order valence-corrected chi connectivity index (χ3v) is 6.70. The number of halogens is 1. The summed E-state index contributed by atoms with van der Waals surface area (Å²) in [6.45, 7) is 0. The molecule has 7 nitrogen and oxygen atoms in total. The van der Waals surface area contributed by atoms with Crippen molar-refractivity contribution in [2.24, 2.45) is 0 Å². The second kappa shape index (κ2) is 10.4. The van der Waals surface area contributed by atoms with Crippen LogP contribution in [0.15, 0.2) is 103 Å². The van der Waals surface area contributed by atoms with Crippen molar-refractivity contribution in [2.75, 3.05) is 5.32 Å². The fraction of sp³-hybridized carbons (Fsp3) is 0.0690. The smallest absolute Gasteiger partial charge is 0.331 e. The number of hydrogen-bond donors (Lipinski definition) is 2. The molecule has 4 aromatic carbocycles. The summed E-state index contributed by atoms with van der Waals surface area (Å²) in [5, 5.41) is 13.1. The number of ether oxygens (including phenoxy) is 1. The minimum absolute atomic E-state index is 0.231. The third-order valence-electron chi connectivity index (χ3n) is 6.03. The Morgan fingerprint density at radius 3 is 2.14 bits per heavy atom. The van der Waals surface area contributed by atoms with E-state index in [4.69, 9.17) is 4.74 Å². The Balaban J connectivity index is 1.61. The Morgan fingerprint density at radius 1 is 0.865 bits per heavy atom. The Hall–Kier alpha value is -4.18. The Morgan fingerprint density at radius 2 is 1.49 bits per heavy atom. The van der Waals surface area contributed by atoms with Gasteiger partial charge in [0.2, 0.25) is 0 Å². The second-order valence-electron chi connectivity index (χ2n) is 8.43. The average molecular weight is 604 g/mol. The van der Waals surface area contributed by atoms with Gasteiger partial charge in [0, 0.05) is 3.57 Å². The maximum Gasteiger partial charge on any atom is 0.331 e. The van der Waals surface area contributed by atoms with Crippen molar-refractivity contribution in [1.82, 2.24) is 4.90 Å². The lowest BCUT2D eigenvalue weighted by molar-refractivity contribution is -0.144. The lowest BCUT2D eigenvalue weighted by Gasteiger charge is -2.34. The molecule has 2 amide bonds. The topological polar surface area (TPSA) is 95.9 Å². The molecular formula is C29H21IN2O5. The van der Waals surface area contributed by atoms with Crippen LogP contribution in [0.1, 0.15) is 33.6 Å². The van der Waals surface area contributed by atoms with Gasteiger partial charge in [0.05, 0.1) is 11.3 Å². The van der Waals surface area contributed by atoms with Gasteiger partial charge in [0.25, 0.3) is 11.8 Å². The molecular weight excluding hydrogens is 583 g/mol. The number of benzene rings is 4. The predicted molar refractivity (Wildman–Crippen MR) is 146 cm³/mol. The Bertz CT molecular complexity index is 1460. The predicted octanol–water partition coefficient (Wildman–Crippen LogP) is 6.05. The molecule has 0 fully saturated rings. The van der Waals surface area contributed by atoms with Crippen LogP contribution in [0.3, 0.4) is 0 Å². The molecule has 4 aromatic rings. The fourth-order valence-electron chi connectivity index (χ4n) is 4.36. The van der Waals surface area contributed by atoms with Gasteiger partial charge < -0.3 is 20.1 Å². The highest BCUT2D eigenvalue weighted by atomic mass is 127. The molecule has 0 aromatic heterocycles. The highest BCUT2D eigenvalue weighted by Gasteiger charge is 2.43. The van der Waals surface area contributed by atoms with Gasteiger partial charge in [-0.05, 0) is 76.2 Å². The summed E-state index contributed by atoms with van der Waals surface area (Å²) in [5.74, 6) is -1.11. The molecule has 0 saturated carbocycles. The molecule has 2 N–H and O–H groups in total. The van der Waals surface area contributed by atoms with E-state index in [1.807, 2.05) is 30.3 Å². The molecule has 8 heteroatoms. The first-order chi connectivity index (χ1) is 17.9. The Labute approximate surface area is 226 Å². The van der Waals surface area contributed by atoms with Crippen LogP contribution in [-0.4, -0.2) is 27.8 Å². The van der Waals surface area contributed by atoms with E-state index in [2.05, 4.69) is 27.9 Å². The number of amides is 2. The highest BCUT2D eigenvalue weighted by molar-refractivity contribution is 14.1.